The molecule has 106 valence electrons. The Hall–Kier alpha value is -1.06. The quantitative estimate of drug-likeness (QED) is 0.801. The van der Waals surface area contributed by atoms with E-state index in [0.717, 1.165) is 12.2 Å². The van der Waals surface area contributed by atoms with Crippen LogP contribution in [0.15, 0.2) is 24.3 Å². The van der Waals surface area contributed by atoms with Crippen molar-refractivity contribution in [3.05, 3.63) is 29.8 Å². The average molecular weight is 263 g/mol. The second-order valence-electron chi connectivity index (χ2n) is 5.19. The van der Waals surface area contributed by atoms with E-state index in [-0.39, 0.29) is 0 Å². The summed E-state index contributed by atoms with van der Waals surface area (Å²) in [6, 6.07) is 9.11. The molecule has 3 nitrogen and oxygen atoms in total. The number of ether oxygens (including phenoxy) is 2. The average Bonchev–Trinajstić information content (AvgIpc) is 2.70. The van der Waals surface area contributed by atoms with Crippen molar-refractivity contribution in [1.82, 2.24) is 5.32 Å². The zero-order chi connectivity index (χ0) is 13.3. The van der Waals surface area contributed by atoms with Crippen LogP contribution in [-0.2, 0) is 11.2 Å². The largest absolute Gasteiger partial charge is 0.491 e. The molecule has 0 spiro atoms. The van der Waals surface area contributed by atoms with Gasteiger partial charge in [-0.3, -0.25) is 0 Å². The van der Waals surface area contributed by atoms with Crippen LogP contribution in [0, 0.1) is 0 Å². The van der Waals surface area contributed by atoms with Gasteiger partial charge in [0.15, 0.2) is 0 Å². The van der Waals surface area contributed by atoms with Gasteiger partial charge in [-0.1, -0.05) is 25.0 Å². The predicted molar refractivity (Wildman–Crippen MR) is 77.8 cm³/mol. The molecule has 1 aromatic carbocycles. The molecule has 2 rings (SSSR count). The molecule has 19 heavy (non-hydrogen) atoms. The van der Waals surface area contributed by atoms with Crippen LogP contribution in [0.5, 0.6) is 5.75 Å². The SMILES string of the molecule is COCCOc1ccc(CC2CCCCCN2)cc1. The lowest BCUT2D eigenvalue weighted by Crippen LogP contribution is -2.30. The van der Waals surface area contributed by atoms with Gasteiger partial charge in [0.05, 0.1) is 6.61 Å². The highest BCUT2D eigenvalue weighted by Gasteiger charge is 2.11. The molecule has 0 aromatic heterocycles. The fourth-order valence-electron chi connectivity index (χ4n) is 2.52. The summed E-state index contributed by atoms with van der Waals surface area (Å²) < 4.78 is 10.5. The zero-order valence-electron chi connectivity index (χ0n) is 11.9. The maximum Gasteiger partial charge on any atom is 0.119 e. The van der Waals surface area contributed by atoms with E-state index in [1.807, 2.05) is 0 Å². The summed E-state index contributed by atoms with van der Waals surface area (Å²) in [6.07, 6.45) is 6.47. The summed E-state index contributed by atoms with van der Waals surface area (Å²) in [5, 5.41) is 3.64. The van der Waals surface area contributed by atoms with E-state index >= 15 is 0 Å². The second-order valence-corrected chi connectivity index (χ2v) is 5.19. The Kier molecular flexibility index (Phi) is 6.18. The number of benzene rings is 1. The van der Waals surface area contributed by atoms with Crippen LogP contribution >= 0.6 is 0 Å². The van der Waals surface area contributed by atoms with Gasteiger partial charge in [-0.15, -0.1) is 0 Å². The first-order chi connectivity index (χ1) is 9.38. The molecule has 1 N–H and O–H groups in total. The van der Waals surface area contributed by atoms with E-state index in [1.54, 1.807) is 7.11 Å². The van der Waals surface area contributed by atoms with Crippen molar-refractivity contribution < 1.29 is 9.47 Å². The predicted octanol–water partition coefficient (Wildman–Crippen LogP) is 2.79. The molecule has 0 aliphatic carbocycles. The van der Waals surface area contributed by atoms with Gasteiger partial charge in [-0.25, -0.2) is 0 Å². The molecule has 0 radical (unpaired) electrons. The monoisotopic (exact) mass is 263 g/mol. The third kappa shape index (κ3) is 5.21. The van der Waals surface area contributed by atoms with Crippen molar-refractivity contribution >= 4 is 0 Å². The molecule has 1 saturated heterocycles. The number of hydrogen-bond acceptors (Lipinski definition) is 3. The van der Waals surface area contributed by atoms with Crippen LogP contribution in [-0.4, -0.2) is 32.9 Å². The van der Waals surface area contributed by atoms with Crippen LogP contribution in [0.3, 0.4) is 0 Å². The van der Waals surface area contributed by atoms with E-state index in [0.29, 0.717) is 19.3 Å². The van der Waals surface area contributed by atoms with Gasteiger partial charge in [-0.2, -0.15) is 0 Å². The Balaban J connectivity index is 1.80. The molecule has 0 amide bonds. The maximum absolute atomic E-state index is 5.57. The van der Waals surface area contributed by atoms with E-state index in [4.69, 9.17) is 9.47 Å². The normalized spacial score (nSPS) is 19.9. The Morgan fingerprint density at radius 3 is 2.74 bits per heavy atom. The van der Waals surface area contributed by atoms with Gasteiger partial charge in [0, 0.05) is 13.2 Å². The summed E-state index contributed by atoms with van der Waals surface area (Å²) in [5.74, 6) is 0.926. The molecule has 1 atom stereocenters. The minimum atomic E-state index is 0.611. The fraction of sp³-hybridized carbons (Fsp3) is 0.625. The molecular weight excluding hydrogens is 238 g/mol. The Labute approximate surface area is 116 Å². The molecule has 1 fully saturated rings. The lowest BCUT2D eigenvalue weighted by molar-refractivity contribution is 0.146. The van der Waals surface area contributed by atoms with Crippen molar-refractivity contribution in [2.75, 3.05) is 26.9 Å². The van der Waals surface area contributed by atoms with Crippen molar-refractivity contribution in [2.24, 2.45) is 0 Å². The summed E-state index contributed by atoms with van der Waals surface area (Å²) in [6.45, 7) is 2.41. The standard InChI is InChI=1S/C16H25NO2/c1-18-11-12-19-16-8-6-14(7-9-16)13-15-5-3-2-4-10-17-15/h6-9,15,17H,2-5,10-13H2,1H3. The van der Waals surface area contributed by atoms with E-state index in [2.05, 4.69) is 29.6 Å². The highest BCUT2D eigenvalue weighted by Crippen LogP contribution is 2.16. The Bertz CT molecular complexity index is 342. The van der Waals surface area contributed by atoms with Gasteiger partial charge in [0.1, 0.15) is 12.4 Å². The number of rotatable bonds is 6. The second kappa shape index (κ2) is 8.18. The van der Waals surface area contributed by atoms with Crippen LogP contribution in [0.4, 0.5) is 0 Å². The van der Waals surface area contributed by atoms with Crippen LogP contribution < -0.4 is 10.1 Å². The molecule has 1 aliphatic heterocycles. The highest BCUT2D eigenvalue weighted by molar-refractivity contribution is 5.27. The summed E-state index contributed by atoms with van der Waals surface area (Å²) in [4.78, 5) is 0. The lowest BCUT2D eigenvalue weighted by atomic mass is 10.0. The smallest absolute Gasteiger partial charge is 0.119 e. The minimum Gasteiger partial charge on any atom is -0.491 e. The van der Waals surface area contributed by atoms with Crippen LogP contribution in [0.25, 0.3) is 0 Å². The Morgan fingerprint density at radius 1 is 1.11 bits per heavy atom. The molecule has 1 aromatic rings. The lowest BCUT2D eigenvalue weighted by Gasteiger charge is -2.16. The third-order valence-electron chi connectivity index (χ3n) is 3.62. The van der Waals surface area contributed by atoms with E-state index < -0.39 is 0 Å². The molecule has 1 aliphatic rings. The molecular formula is C16H25NO2. The minimum absolute atomic E-state index is 0.611. The van der Waals surface area contributed by atoms with Crippen LogP contribution in [0.1, 0.15) is 31.2 Å². The van der Waals surface area contributed by atoms with Crippen molar-refractivity contribution in [3.63, 3.8) is 0 Å². The first kappa shape index (κ1) is 14.4. The van der Waals surface area contributed by atoms with E-state index in [9.17, 15) is 0 Å². The molecule has 3 heteroatoms. The number of methoxy groups -OCH3 is 1. The molecule has 1 unspecified atom stereocenters. The summed E-state index contributed by atoms with van der Waals surface area (Å²) >= 11 is 0. The van der Waals surface area contributed by atoms with Crippen molar-refractivity contribution in [1.29, 1.82) is 0 Å². The van der Waals surface area contributed by atoms with Gasteiger partial charge in [0.2, 0.25) is 0 Å². The zero-order valence-corrected chi connectivity index (χ0v) is 11.9. The molecule has 0 saturated carbocycles. The number of nitrogens with one attached hydrogen (secondary N) is 1. The highest BCUT2D eigenvalue weighted by atomic mass is 16.5. The van der Waals surface area contributed by atoms with Crippen molar-refractivity contribution in [3.8, 4) is 5.75 Å². The molecule has 0 bridgehead atoms. The Morgan fingerprint density at radius 2 is 1.95 bits per heavy atom. The molecule has 1 heterocycles. The third-order valence-corrected chi connectivity index (χ3v) is 3.62. The van der Waals surface area contributed by atoms with Gasteiger partial charge in [0.25, 0.3) is 0 Å². The van der Waals surface area contributed by atoms with Crippen molar-refractivity contribution in [2.45, 2.75) is 38.1 Å². The van der Waals surface area contributed by atoms with E-state index in [1.165, 1.54) is 37.8 Å². The van der Waals surface area contributed by atoms with Gasteiger partial charge < -0.3 is 14.8 Å². The summed E-state index contributed by atoms with van der Waals surface area (Å²) in [5.41, 5.74) is 1.39. The van der Waals surface area contributed by atoms with Gasteiger partial charge >= 0.3 is 0 Å². The topological polar surface area (TPSA) is 30.5 Å². The summed E-state index contributed by atoms with van der Waals surface area (Å²) in [7, 11) is 1.69. The maximum atomic E-state index is 5.57. The first-order valence-electron chi connectivity index (χ1n) is 7.32. The first-order valence-corrected chi connectivity index (χ1v) is 7.32. The van der Waals surface area contributed by atoms with Crippen LogP contribution in [0.2, 0.25) is 0 Å². The number of hydrogen-bond donors (Lipinski definition) is 1. The van der Waals surface area contributed by atoms with Gasteiger partial charge in [-0.05, 0) is 43.5 Å². The fourth-order valence-corrected chi connectivity index (χ4v) is 2.52.